The van der Waals surface area contributed by atoms with Gasteiger partial charge in [0.25, 0.3) is 0 Å². The van der Waals surface area contributed by atoms with E-state index < -0.39 is 0 Å². The predicted molar refractivity (Wildman–Crippen MR) is 61.5 cm³/mol. The van der Waals surface area contributed by atoms with Gasteiger partial charge in [0, 0.05) is 10.3 Å². The molecule has 0 aliphatic carbocycles. The van der Waals surface area contributed by atoms with Gasteiger partial charge in [0.05, 0.1) is 0 Å². The molecule has 2 rings (SSSR count). The molecule has 1 aromatic carbocycles. The topological polar surface area (TPSA) is 17.1 Å². The van der Waals surface area contributed by atoms with Crippen molar-refractivity contribution in [2.45, 2.75) is 6.92 Å². The van der Waals surface area contributed by atoms with Gasteiger partial charge in [-0.2, -0.15) is 0 Å². The van der Waals surface area contributed by atoms with Crippen molar-refractivity contribution in [1.82, 2.24) is 0 Å². The number of carbonyl (C=O) groups is 1. The van der Waals surface area contributed by atoms with Crippen molar-refractivity contribution >= 4 is 32.8 Å². The Labute approximate surface area is 86.7 Å². The third kappa shape index (κ3) is 1.49. The summed E-state index contributed by atoms with van der Waals surface area (Å²) in [6.45, 7) is 5.31. The SMILES string of the molecule is C=C(C(C)=O)c1ccc2ccsc2c1. The number of hydrogen-bond donors (Lipinski definition) is 0. The number of carbonyl (C=O) groups excluding carboxylic acids is 1. The van der Waals surface area contributed by atoms with Gasteiger partial charge in [-0.05, 0) is 35.4 Å². The van der Waals surface area contributed by atoms with Gasteiger partial charge in [0.15, 0.2) is 5.78 Å². The van der Waals surface area contributed by atoms with Crippen LogP contribution in [0.1, 0.15) is 12.5 Å². The highest BCUT2D eigenvalue weighted by Crippen LogP contribution is 2.24. The van der Waals surface area contributed by atoms with Crippen LogP contribution in [0.25, 0.3) is 15.7 Å². The molecular formula is C12H10OS. The van der Waals surface area contributed by atoms with Crippen LogP contribution in [-0.4, -0.2) is 5.78 Å². The molecular weight excluding hydrogens is 192 g/mol. The van der Waals surface area contributed by atoms with Crippen molar-refractivity contribution in [3.8, 4) is 0 Å². The van der Waals surface area contributed by atoms with Crippen LogP contribution in [-0.2, 0) is 4.79 Å². The van der Waals surface area contributed by atoms with Crippen LogP contribution in [0.5, 0.6) is 0 Å². The number of Topliss-reactive ketones (excluding diaryl/α,β-unsaturated/α-hetero) is 1. The van der Waals surface area contributed by atoms with E-state index in [2.05, 4.69) is 12.6 Å². The van der Waals surface area contributed by atoms with Crippen LogP contribution >= 0.6 is 11.3 Å². The molecule has 0 aliphatic heterocycles. The maximum Gasteiger partial charge on any atom is 0.159 e. The maximum absolute atomic E-state index is 11.1. The molecule has 0 bridgehead atoms. The molecule has 2 heteroatoms. The molecule has 2 aromatic rings. The van der Waals surface area contributed by atoms with Gasteiger partial charge in [-0.15, -0.1) is 11.3 Å². The molecule has 70 valence electrons. The van der Waals surface area contributed by atoms with E-state index in [1.54, 1.807) is 18.3 Å². The Hall–Kier alpha value is -1.41. The molecule has 14 heavy (non-hydrogen) atoms. The van der Waals surface area contributed by atoms with Crippen LogP contribution in [0.3, 0.4) is 0 Å². The molecule has 0 saturated heterocycles. The summed E-state index contributed by atoms with van der Waals surface area (Å²) in [6.07, 6.45) is 0. The summed E-state index contributed by atoms with van der Waals surface area (Å²) < 4.78 is 1.20. The molecule has 0 aliphatic rings. The number of allylic oxidation sites excluding steroid dienone is 1. The number of hydrogen-bond acceptors (Lipinski definition) is 2. The van der Waals surface area contributed by atoms with Crippen LogP contribution in [0, 0.1) is 0 Å². The first-order valence-corrected chi connectivity index (χ1v) is 5.24. The Morgan fingerprint density at radius 1 is 1.36 bits per heavy atom. The summed E-state index contributed by atoms with van der Waals surface area (Å²) in [7, 11) is 0. The van der Waals surface area contributed by atoms with Crippen molar-refractivity contribution in [3.05, 3.63) is 41.8 Å². The molecule has 0 radical (unpaired) electrons. The highest BCUT2D eigenvalue weighted by atomic mass is 32.1. The average molecular weight is 202 g/mol. The second-order valence-electron chi connectivity index (χ2n) is 3.21. The van der Waals surface area contributed by atoms with Crippen LogP contribution in [0.4, 0.5) is 0 Å². The van der Waals surface area contributed by atoms with Crippen molar-refractivity contribution < 1.29 is 4.79 Å². The first-order chi connectivity index (χ1) is 6.68. The molecule has 0 amide bonds. The quantitative estimate of drug-likeness (QED) is 0.681. The zero-order valence-corrected chi connectivity index (χ0v) is 8.73. The lowest BCUT2D eigenvalue weighted by Gasteiger charge is -2.01. The highest BCUT2D eigenvalue weighted by molar-refractivity contribution is 7.17. The third-order valence-corrected chi connectivity index (χ3v) is 3.11. The maximum atomic E-state index is 11.1. The predicted octanol–water partition coefficient (Wildman–Crippen LogP) is 3.50. The molecule has 1 nitrogen and oxygen atoms in total. The van der Waals surface area contributed by atoms with Gasteiger partial charge < -0.3 is 0 Å². The van der Waals surface area contributed by atoms with Crippen LogP contribution in [0.15, 0.2) is 36.2 Å². The number of fused-ring (bicyclic) bond motifs is 1. The van der Waals surface area contributed by atoms with E-state index in [4.69, 9.17) is 0 Å². The summed E-state index contributed by atoms with van der Waals surface area (Å²) in [6, 6.07) is 8.05. The van der Waals surface area contributed by atoms with E-state index in [-0.39, 0.29) is 5.78 Å². The second kappa shape index (κ2) is 3.39. The molecule has 0 atom stereocenters. The number of thiophene rings is 1. The average Bonchev–Trinajstić information content (AvgIpc) is 2.62. The van der Waals surface area contributed by atoms with E-state index in [9.17, 15) is 4.79 Å². The molecule has 0 unspecified atom stereocenters. The molecule has 1 heterocycles. The fourth-order valence-electron chi connectivity index (χ4n) is 1.35. The Morgan fingerprint density at radius 2 is 2.14 bits per heavy atom. The van der Waals surface area contributed by atoms with Crippen LogP contribution in [0.2, 0.25) is 0 Å². The summed E-state index contributed by atoms with van der Waals surface area (Å²) >= 11 is 1.68. The number of ketones is 1. The standard InChI is InChI=1S/C12H10OS/c1-8(9(2)13)11-4-3-10-5-6-14-12(10)7-11/h3-7H,1H2,2H3. The van der Waals surface area contributed by atoms with Gasteiger partial charge in [0.1, 0.15) is 0 Å². The van der Waals surface area contributed by atoms with E-state index in [0.29, 0.717) is 5.57 Å². The van der Waals surface area contributed by atoms with Crippen LogP contribution < -0.4 is 0 Å². The summed E-state index contributed by atoms with van der Waals surface area (Å²) in [5.41, 5.74) is 1.51. The number of rotatable bonds is 2. The minimum atomic E-state index is 0.0286. The lowest BCUT2D eigenvalue weighted by molar-refractivity contribution is -0.111. The minimum Gasteiger partial charge on any atom is -0.295 e. The zero-order valence-electron chi connectivity index (χ0n) is 7.91. The zero-order chi connectivity index (χ0) is 10.1. The smallest absolute Gasteiger partial charge is 0.159 e. The van der Waals surface area contributed by atoms with E-state index in [0.717, 1.165) is 5.56 Å². The molecule has 0 spiro atoms. The fraction of sp³-hybridized carbons (Fsp3) is 0.0833. The largest absolute Gasteiger partial charge is 0.295 e. The Balaban J connectivity index is 2.54. The molecule has 0 saturated carbocycles. The highest BCUT2D eigenvalue weighted by Gasteiger charge is 2.04. The second-order valence-corrected chi connectivity index (χ2v) is 4.16. The van der Waals surface area contributed by atoms with Crippen molar-refractivity contribution in [2.24, 2.45) is 0 Å². The van der Waals surface area contributed by atoms with Gasteiger partial charge in [-0.1, -0.05) is 18.7 Å². The van der Waals surface area contributed by atoms with Crippen molar-refractivity contribution in [3.63, 3.8) is 0 Å². The number of benzene rings is 1. The first kappa shape index (κ1) is 9.16. The normalized spacial score (nSPS) is 10.4. The summed E-state index contributed by atoms with van der Waals surface area (Å²) in [4.78, 5) is 11.1. The third-order valence-electron chi connectivity index (χ3n) is 2.23. The lowest BCUT2D eigenvalue weighted by Crippen LogP contribution is -1.93. The van der Waals surface area contributed by atoms with Gasteiger partial charge >= 0.3 is 0 Å². The van der Waals surface area contributed by atoms with E-state index >= 15 is 0 Å². The fourth-order valence-corrected chi connectivity index (χ4v) is 2.17. The van der Waals surface area contributed by atoms with Gasteiger partial charge in [-0.3, -0.25) is 4.79 Å². The Morgan fingerprint density at radius 3 is 2.86 bits per heavy atom. The molecule has 0 fully saturated rings. The van der Waals surface area contributed by atoms with E-state index in [1.165, 1.54) is 10.1 Å². The van der Waals surface area contributed by atoms with Gasteiger partial charge in [-0.25, -0.2) is 0 Å². The lowest BCUT2D eigenvalue weighted by atomic mass is 10.0. The summed E-state index contributed by atoms with van der Waals surface area (Å²) in [5, 5.41) is 3.26. The molecule has 0 N–H and O–H groups in total. The summed E-state index contributed by atoms with van der Waals surface area (Å²) in [5.74, 6) is 0.0286. The first-order valence-electron chi connectivity index (χ1n) is 4.36. The van der Waals surface area contributed by atoms with Gasteiger partial charge in [0.2, 0.25) is 0 Å². The monoisotopic (exact) mass is 202 g/mol. The Kier molecular flexibility index (Phi) is 2.22. The van der Waals surface area contributed by atoms with Crippen molar-refractivity contribution in [1.29, 1.82) is 0 Å². The van der Waals surface area contributed by atoms with Crippen molar-refractivity contribution in [2.75, 3.05) is 0 Å². The minimum absolute atomic E-state index is 0.0286. The van der Waals surface area contributed by atoms with E-state index in [1.807, 2.05) is 23.6 Å². The Bertz CT molecular complexity index is 508. The molecule has 1 aromatic heterocycles.